The number of piperidine rings is 2. The smallest absolute Gasteiger partial charge is 0.239 e. The van der Waals surface area contributed by atoms with Crippen LogP contribution in [0.15, 0.2) is 0 Å². The zero-order valence-electron chi connectivity index (χ0n) is 13.0. The molecule has 3 heterocycles. The Morgan fingerprint density at radius 1 is 1.05 bits per heavy atom. The normalized spacial score (nSPS) is 35.6. The highest BCUT2D eigenvalue weighted by Crippen LogP contribution is 2.31. The molecule has 0 aromatic carbocycles. The summed E-state index contributed by atoms with van der Waals surface area (Å²) in [6, 6.07) is 1.70. The van der Waals surface area contributed by atoms with Crippen molar-refractivity contribution in [2.24, 2.45) is 0 Å². The number of nitrogens with zero attached hydrogens (tertiary/aromatic N) is 2. The lowest BCUT2D eigenvalue weighted by Crippen LogP contribution is -2.58. The molecule has 0 bridgehead atoms. The summed E-state index contributed by atoms with van der Waals surface area (Å²) in [5.41, 5.74) is 0. The average Bonchev–Trinajstić information content (AvgIpc) is 2.88. The molecule has 3 atom stereocenters. The molecule has 3 unspecified atom stereocenters. The third kappa shape index (κ3) is 2.86. The lowest BCUT2D eigenvalue weighted by molar-refractivity contribution is -0.140. The lowest BCUT2D eigenvalue weighted by Gasteiger charge is -2.44. The fourth-order valence-corrected chi connectivity index (χ4v) is 4.31. The van der Waals surface area contributed by atoms with Crippen LogP contribution < -0.4 is 5.32 Å². The van der Waals surface area contributed by atoms with Gasteiger partial charge >= 0.3 is 0 Å². The van der Waals surface area contributed by atoms with Gasteiger partial charge in [-0.05, 0) is 45.1 Å². The van der Waals surface area contributed by atoms with Crippen LogP contribution in [0.2, 0.25) is 0 Å². The van der Waals surface area contributed by atoms with E-state index in [4.69, 9.17) is 0 Å². The maximum absolute atomic E-state index is 12.7. The number of hydrogen-bond acceptors (Lipinski definition) is 3. The van der Waals surface area contributed by atoms with Crippen LogP contribution >= 0.6 is 0 Å². The summed E-state index contributed by atoms with van der Waals surface area (Å²) >= 11 is 0. The summed E-state index contributed by atoms with van der Waals surface area (Å²) in [6.45, 7) is 7.71. The summed E-state index contributed by atoms with van der Waals surface area (Å²) in [7, 11) is 0. The minimum absolute atomic E-state index is 0.0605. The van der Waals surface area contributed by atoms with E-state index in [0.29, 0.717) is 18.0 Å². The number of nitrogens with one attached hydrogen (secondary N) is 1. The van der Waals surface area contributed by atoms with Crippen LogP contribution in [0.3, 0.4) is 0 Å². The molecular formula is C16H29N3O. The van der Waals surface area contributed by atoms with Crippen LogP contribution in [0.5, 0.6) is 0 Å². The third-order valence-corrected chi connectivity index (χ3v) is 5.24. The molecule has 20 heavy (non-hydrogen) atoms. The molecule has 3 aliphatic heterocycles. The van der Waals surface area contributed by atoms with Crippen molar-refractivity contribution in [3.8, 4) is 0 Å². The summed E-state index contributed by atoms with van der Waals surface area (Å²) in [4.78, 5) is 17.5. The second-order valence-corrected chi connectivity index (χ2v) is 7.06. The molecule has 3 aliphatic rings. The molecule has 1 N–H and O–H groups in total. The van der Waals surface area contributed by atoms with Gasteiger partial charge in [-0.3, -0.25) is 4.79 Å². The van der Waals surface area contributed by atoms with Gasteiger partial charge in [0.05, 0.1) is 6.04 Å². The van der Waals surface area contributed by atoms with Gasteiger partial charge in [0.15, 0.2) is 0 Å². The highest BCUT2D eigenvalue weighted by molar-refractivity contribution is 5.83. The Labute approximate surface area is 122 Å². The van der Waals surface area contributed by atoms with Gasteiger partial charge in [0, 0.05) is 31.2 Å². The van der Waals surface area contributed by atoms with Crippen molar-refractivity contribution in [2.45, 2.75) is 76.5 Å². The van der Waals surface area contributed by atoms with Gasteiger partial charge in [-0.2, -0.15) is 0 Å². The van der Waals surface area contributed by atoms with E-state index in [1.165, 1.54) is 38.8 Å². The van der Waals surface area contributed by atoms with E-state index in [0.717, 1.165) is 25.4 Å². The Hall–Kier alpha value is -0.610. The van der Waals surface area contributed by atoms with E-state index < -0.39 is 0 Å². The lowest BCUT2D eigenvalue weighted by atomic mass is 9.93. The van der Waals surface area contributed by atoms with Crippen molar-refractivity contribution < 1.29 is 4.79 Å². The first-order valence-corrected chi connectivity index (χ1v) is 8.45. The van der Waals surface area contributed by atoms with E-state index in [1.54, 1.807) is 0 Å². The standard InChI is InChI=1S/C16H29N3O/c1-12(2)17-15-6-4-9-19(16(15)20)14-7-10-18-8-3-5-13(18)11-14/h12-15,17H,3-11H2,1-2H3. The van der Waals surface area contributed by atoms with Crippen molar-refractivity contribution in [1.29, 1.82) is 0 Å². The third-order valence-electron chi connectivity index (χ3n) is 5.24. The van der Waals surface area contributed by atoms with Gasteiger partial charge in [0.1, 0.15) is 0 Å². The molecule has 0 radical (unpaired) electrons. The summed E-state index contributed by atoms with van der Waals surface area (Å²) in [5, 5.41) is 3.45. The minimum Gasteiger partial charge on any atom is -0.338 e. The highest BCUT2D eigenvalue weighted by Gasteiger charge is 2.38. The number of fused-ring (bicyclic) bond motifs is 1. The maximum Gasteiger partial charge on any atom is 0.239 e. The van der Waals surface area contributed by atoms with Crippen molar-refractivity contribution in [2.75, 3.05) is 19.6 Å². The van der Waals surface area contributed by atoms with Crippen LogP contribution in [0.25, 0.3) is 0 Å². The van der Waals surface area contributed by atoms with Crippen LogP contribution in [-0.2, 0) is 4.79 Å². The van der Waals surface area contributed by atoms with Gasteiger partial charge in [-0.15, -0.1) is 0 Å². The first-order chi connectivity index (χ1) is 9.65. The van der Waals surface area contributed by atoms with Crippen LogP contribution in [0.4, 0.5) is 0 Å². The van der Waals surface area contributed by atoms with Crippen molar-refractivity contribution >= 4 is 5.91 Å². The fraction of sp³-hybridized carbons (Fsp3) is 0.938. The predicted octanol–water partition coefficient (Wildman–Crippen LogP) is 1.60. The number of amides is 1. The fourth-order valence-electron chi connectivity index (χ4n) is 4.31. The first kappa shape index (κ1) is 14.3. The molecule has 0 aromatic heterocycles. The van der Waals surface area contributed by atoms with Crippen molar-refractivity contribution in [3.63, 3.8) is 0 Å². The topological polar surface area (TPSA) is 35.6 Å². The SMILES string of the molecule is CC(C)NC1CCCN(C2CCN3CCCC3C2)C1=O. The number of carbonyl (C=O) groups is 1. The maximum atomic E-state index is 12.7. The molecule has 3 rings (SSSR count). The number of rotatable bonds is 3. The van der Waals surface area contributed by atoms with E-state index in [-0.39, 0.29) is 6.04 Å². The van der Waals surface area contributed by atoms with Crippen LogP contribution in [0, 0.1) is 0 Å². The Kier molecular flexibility index (Phi) is 4.32. The predicted molar refractivity (Wildman–Crippen MR) is 80.6 cm³/mol. The van der Waals surface area contributed by atoms with Crippen LogP contribution in [-0.4, -0.2) is 59.5 Å². The Balaban J connectivity index is 1.62. The van der Waals surface area contributed by atoms with E-state index >= 15 is 0 Å². The first-order valence-electron chi connectivity index (χ1n) is 8.45. The minimum atomic E-state index is 0.0605. The van der Waals surface area contributed by atoms with Gasteiger partial charge in [-0.1, -0.05) is 13.8 Å². The molecule has 4 nitrogen and oxygen atoms in total. The summed E-state index contributed by atoms with van der Waals surface area (Å²) in [5.74, 6) is 0.362. The summed E-state index contributed by atoms with van der Waals surface area (Å²) in [6.07, 6.45) is 7.24. The molecule has 3 saturated heterocycles. The average molecular weight is 279 g/mol. The van der Waals surface area contributed by atoms with Gasteiger partial charge in [0.2, 0.25) is 5.91 Å². The van der Waals surface area contributed by atoms with Gasteiger partial charge in [0.25, 0.3) is 0 Å². The van der Waals surface area contributed by atoms with Crippen LogP contribution in [0.1, 0.15) is 52.4 Å². The largest absolute Gasteiger partial charge is 0.338 e. The Morgan fingerprint density at radius 2 is 1.85 bits per heavy atom. The van der Waals surface area contributed by atoms with E-state index in [2.05, 4.69) is 29.0 Å². The van der Waals surface area contributed by atoms with E-state index in [1.807, 2.05) is 0 Å². The number of hydrogen-bond donors (Lipinski definition) is 1. The van der Waals surface area contributed by atoms with Gasteiger partial charge < -0.3 is 15.1 Å². The summed E-state index contributed by atoms with van der Waals surface area (Å²) < 4.78 is 0. The molecule has 0 saturated carbocycles. The molecule has 0 aromatic rings. The molecule has 0 aliphatic carbocycles. The van der Waals surface area contributed by atoms with Crippen molar-refractivity contribution in [1.82, 2.24) is 15.1 Å². The Bertz CT molecular complexity index is 358. The molecule has 1 amide bonds. The quantitative estimate of drug-likeness (QED) is 0.852. The number of carbonyl (C=O) groups excluding carboxylic acids is 1. The number of likely N-dealkylation sites (tertiary alicyclic amines) is 1. The van der Waals surface area contributed by atoms with Crippen molar-refractivity contribution in [3.05, 3.63) is 0 Å². The zero-order chi connectivity index (χ0) is 14.1. The molecule has 114 valence electrons. The molecule has 4 heteroatoms. The zero-order valence-corrected chi connectivity index (χ0v) is 13.0. The van der Waals surface area contributed by atoms with Gasteiger partial charge in [-0.25, -0.2) is 0 Å². The molecule has 0 spiro atoms. The highest BCUT2D eigenvalue weighted by atomic mass is 16.2. The van der Waals surface area contributed by atoms with E-state index in [9.17, 15) is 4.79 Å². The molecular weight excluding hydrogens is 250 g/mol. The molecule has 3 fully saturated rings. The monoisotopic (exact) mass is 279 g/mol. The second-order valence-electron chi connectivity index (χ2n) is 7.06. The Morgan fingerprint density at radius 3 is 2.65 bits per heavy atom. The second kappa shape index (κ2) is 6.02.